The Hall–Kier alpha value is -1.09. The van der Waals surface area contributed by atoms with Crippen LogP contribution in [0, 0.1) is 5.92 Å². The third-order valence-corrected chi connectivity index (χ3v) is 4.89. The lowest BCUT2D eigenvalue weighted by Crippen LogP contribution is -2.38. The van der Waals surface area contributed by atoms with E-state index in [1.807, 2.05) is 0 Å². The van der Waals surface area contributed by atoms with E-state index in [9.17, 15) is 13.2 Å². The molecule has 1 fully saturated rings. The van der Waals surface area contributed by atoms with Crippen molar-refractivity contribution in [2.75, 3.05) is 19.6 Å². The first-order chi connectivity index (χ1) is 9.40. The normalized spacial score (nSPS) is 19.0. The van der Waals surface area contributed by atoms with Gasteiger partial charge in [-0.1, -0.05) is 0 Å². The fourth-order valence-corrected chi connectivity index (χ4v) is 3.52. The molecule has 1 aromatic heterocycles. The molecule has 1 atom stereocenters. The summed E-state index contributed by atoms with van der Waals surface area (Å²) in [6.07, 6.45) is 3.46. The number of aromatic nitrogens is 1. The van der Waals surface area contributed by atoms with Gasteiger partial charge in [0.25, 0.3) is 5.91 Å². The highest BCUT2D eigenvalue weighted by atomic mass is 35.5. The Labute approximate surface area is 130 Å². The van der Waals surface area contributed by atoms with Crippen molar-refractivity contribution in [1.29, 1.82) is 0 Å². The molecule has 0 saturated carbocycles. The van der Waals surface area contributed by atoms with Crippen molar-refractivity contribution in [2.45, 2.75) is 17.7 Å². The molecular formula is C12H21ClN4O3S. The molecular weight excluding hydrogens is 316 g/mol. The second-order valence-corrected chi connectivity index (χ2v) is 6.87. The molecule has 0 bridgehead atoms. The summed E-state index contributed by atoms with van der Waals surface area (Å²) in [6.45, 7) is 2.21. The Morgan fingerprint density at radius 3 is 2.81 bits per heavy atom. The van der Waals surface area contributed by atoms with Crippen LogP contribution in [0.1, 0.15) is 23.3 Å². The van der Waals surface area contributed by atoms with E-state index in [0.717, 1.165) is 25.9 Å². The van der Waals surface area contributed by atoms with E-state index < -0.39 is 15.9 Å². The fraction of sp³-hybridized carbons (Fsp3) is 0.583. The summed E-state index contributed by atoms with van der Waals surface area (Å²) < 4.78 is 28.3. The largest absolute Gasteiger partial charge is 0.364 e. The molecule has 7 nitrogen and oxygen atoms in total. The minimum atomic E-state index is -3.60. The van der Waals surface area contributed by atoms with Gasteiger partial charge in [0.1, 0.15) is 10.6 Å². The number of halogens is 1. The predicted molar refractivity (Wildman–Crippen MR) is 82.0 cm³/mol. The monoisotopic (exact) mass is 336 g/mol. The summed E-state index contributed by atoms with van der Waals surface area (Å²) >= 11 is 0. The first-order valence-electron chi connectivity index (χ1n) is 6.56. The molecule has 1 unspecified atom stereocenters. The van der Waals surface area contributed by atoms with Gasteiger partial charge in [-0.15, -0.1) is 12.4 Å². The van der Waals surface area contributed by atoms with Crippen molar-refractivity contribution in [3.63, 3.8) is 0 Å². The smallest absolute Gasteiger partial charge is 0.265 e. The van der Waals surface area contributed by atoms with E-state index >= 15 is 0 Å². The molecule has 120 valence electrons. The standard InChI is InChI=1S/C12H20N4O3S.ClH/c1-16-8-10(5-11(16)12(13)17)20(18,19)15-7-9-3-2-4-14-6-9;/h5,8-9,14-15H,2-4,6-7H2,1H3,(H2,13,17);1H. The summed E-state index contributed by atoms with van der Waals surface area (Å²) in [5, 5.41) is 3.24. The zero-order valence-electron chi connectivity index (χ0n) is 11.8. The lowest BCUT2D eigenvalue weighted by molar-refractivity contribution is 0.0992. The predicted octanol–water partition coefficient (Wildman–Crippen LogP) is -0.176. The van der Waals surface area contributed by atoms with Crippen LogP contribution in [0.2, 0.25) is 0 Å². The van der Waals surface area contributed by atoms with Crippen LogP contribution in [0.3, 0.4) is 0 Å². The average Bonchev–Trinajstić information content (AvgIpc) is 2.81. The fourth-order valence-electron chi connectivity index (χ4n) is 2.34. The molecule has 0 aromatic carbocycles. The van der Waals surface area contributed by atoms with E-state index in [4.69, 9.17) is 5.73 Å². The Morgan fingerprint density at radius 1 is 1.57 bits per heavy atom. The first-order valence-corrected chi connectivity index (χ1v) is 8.05. The summed E-state index contributed by atoms with van der Waals surface area (Å²) in [7, 11) is -2.01. The second kappa shape index (κ2) is 7.26. The van der Waals surface area contributed by atoms with Crippen molar-refractivity contribution in [3.05, 3.63) is 18.0 Å². The van der Waals surface area contributed by atoms with E-state index in [1.165, 1.54) is 16.8 Å². The van der Waals surface area contributed by atoms with Gasteiger partial charge in [-0.05, 0) is 37.9 Å². The van der Waals surface area contributed by atoms with Crippen molar-refractivity contribution >= 4 is 28.3 Å². The maximum Gasteiger partial charge on any atom is 0.265 e. The van der Waals surface area contributed by atoms with Crippen molar-refractivity contribution < 1.29 is 13.2 Å². The first kappa shape index (κ1) is 18.0. The Morgan fingerprint density at radius 2 is 2.29 bits per heavy atom. The van der Waals surface area contributed by atoms with Crippen LogP contribution >= 0.6 is 12.4 Å². The second-order valence-electron chi connectivity index (χ2n) is 5.10. The maximum absolute atomic E-state index is 12.2. The van der Waals surface area contributed by atoms with Gasteiger partial charge < -0.3 is 15.6 Å². The van der Waals surface area contributed by atoms with Gasteiger partial charge in [0.2, 0.25) is 10.0 Å². The molecule has 1 aliphatic rings. The molecule has 1 aliphatic heterocycles. The number of amides is 1. The number of hydrogen-bond acceptors (Lipinski definition) is 4. The minimum absolute atomic E-state index is 0. The molecule has 0 aliphatic carbocycles. The molecule has 1 saturated heterocycles. The Bertz CT molecular complexity index is 594. The molecule has 2 heterocycles. The number of primary amides is 1. The highest BCUT2D eigenvalue weighted by molar-refractivity contribution is 7.89. The third kappa shape index (κ3) is 4.44. The lowest BCUT2D eigenvalue weighted by Gasteiger charge is -2.22. The molecule has 2 rings (SSSR count). The number of rotatable bonds is 5. The molecule has 9 heteroatoms. The van der Waals surface area contributed by atoms with E-state index in [2.05, 4.69) is 10.0 Å². The summed E-state index contributed by atoms with van der Waals surface area (Å²) in [6, 6.07) is 1.30. The van der Waals surface area contributed by atoms with Crippen LogP contribution in [0.15, 0.2) is 17.2 Å². The molecule has 4 N–H and O–H groups in total. The average molecular weight is 337 g/mol. The van der Waals surface area contributed by atoms with Gasteiger partial charge in [-0.3, -0.25) is 4.79 Å². The van der Waals surface area contributed by atoms with Crippen LogP contribution in [-0.4, -0.2) is 38.5 Å². The van der Waals surface area contributed by atoms with Gasteiger partial charge in [0, 0.05) is 19.8 Å². The van der Waals surface area contributed by atoms with Gasteiger partial charge >= 0.3 is 0 Å². The van der Waals surface area contributed by atoms with Crippen LogP contribution in [0.5, 0.6) is 0 Å². The van der Waals surface area contributed by atoms with Crippen LogP contribution < -0.4 is 15.8 Å². The van der Waals surface area contributed by atoms with Crippen molar-refractivity contribution in [2.24, 2.45) is 18.7 Å². The highest BCUT2D eigenvalue weighted by Gasteiger charge is 2.21. The number of aryl methyl sites for hydroxylation is 1. The zero-order valence-corrected chi connectivity index (χ0v) is 13.5. The van der Waals surface area contributed by atoms with Crippen LogP contribution in [0.4, 0.5) is 0 Å². The number of nitrogens with two attached hydrogens (primary N) is 1. The lowest BCUT2D eigenvalue weighted by atomic mass is 10.0. The summed E-state index contributed by atoms with van der Waals surface area (Å²) in [4.78, 5) is 11.2. The quantitative estimate of drug-likeness (QED) is 0.693. The van der Waals surface area contributed by atoms with E-state index in [0.29, 0.717) is 12.5 Å². The molecule has 21 heavy (non-hydrogen) atoms. The Balaban J connectivity index is 0.00000220. The molecule has 1 amide bonds. The number of nitrogens with one attached hydrogen (secondary N) is 2. The number of piperidine rings is 1. The minimum Gasteiger partial charge on any atom is -0.364 e. The van der Waals surface area contributed by atoms with Crippen LogP contribution in [0.25, 0.3) is 0 Å². The van der Waals surface area contributed by atoms with E-state index in [-0.39, 0.29) is 23.0 Å². The number of hydrogen-bond donors (Lipinski definition) is 3. The van der Waals surface area contributed by atoms with Gasteiger partial charge in [-0.25, -0.2) is 13.1 Å². The molecule has 1 aromatic rings. The number of sulfonamides is 1. The maximum atomic E-state index is 12.2. The number of carbonyl (C=O) groups excluding carboxylic acids is 1. The number of nitrogens with zero attached hydrogens (tertiary/aromatic N) is 1. The van der Waals surface area contributed by atoms with Gasteiger partial charge in [0.05, 0.1) is 0 Å². The van der Waals surface area contributed by atoms with Crippen molar-refractivity contribution in [3.8, 4) is 0 Å². The summed E-state index contributed by atoms with van der Waals surface area (Å²) in [5.41, 5.74) is 5.35. The molecule has 0 spiro atoms. The van der Waals surface area contributed by atoms with Crippen LogP contribution in [-0.2, 0) is 17.1 Å². The van der Waals surface area contributed by atoms with Crippen molar-refractivity contribution in [1.82, 2.24) is 14.6 Å². The summed E-state index contributed by atoms with van der Waals surface area (Å²) in [5.74, 6) is -0.344. The zero-order chi connectivity index (χ0) is 14.8. The molecule has 0 radical (unpaired) electrons. The Kier molecular flexibility index (Phi) is 6.21. The van der Waals surface area contributed by atoms with Gasteiger partial charge in [0.15, 0.2) is 0 Å². The van der Waals surface area contributed by atoms with E-state index in [1.54, 1.807) is 7.05 Å². The third-order valence-electron chi connectivity index (χ3n) is 3.50. The SMILES string of the molecule is Cl.Cn1cc(S(=O)(=O)NCC2CCCNC2)cc1C(N)=O. The van der Waals surface area contributed by atoms with Gasteiger partial charge in [-0.2, -0.15) is 0 Å². The number of carbonyl (C=O) groups is 1. The topological polar surface area (TPSA) is 106 Å². The highest BCUT2D eigenvalue weighted by Crippen LogP contribution is 2.14.